The van der Waals surface area contributed by atoms with Crippen LogP contribution < -0.4 is 0 Å². The fraction of sp³-hybridized carbons (Fsp3) is 0.571. The van der Waals surface area contributed by atoms with E-state index in [2.05, 4.69) is 6.58 Å². The van der Waals surface area contributed by atoms with Gasteiger partial charge in [0, 0.05) is 0 Å². The van der Waals surface area contributed by atoms with E-state index < -0.39 is 18.3 Å². The molecule has 0 radical (unpaired) electrons. The number of hydrogen-bond donors (Lipinski definition) is 0. The maximum Gasteiger partial charge on any atom is 0.494 e. The highest BCUT2D eigenvalue weighted by Gasteiger charge is 2.52. The van der Waals surface area contributed by atoms with Crippen molar-refractivity contribution in [1.29, 1.82) is 0 Å². The van der Waals surface area contributed by atoms with Gasteiger partial charge in [-0.3, -0.25) is 0 Å². The monoisotopic (exact) mass is 252 g/mol. The predicted molar refractivity (Wildman–Crippen MR) is 73.8 cm³/mol. The molecule has 0 saturated carbocycles. The zero-order valence-corrected chi connectivity index (χ0v) is 12.1. The molecule has 1 heterocycles. The van der Waals surface area contributed by atoms with Crippen molar-refractivity contribution < 1.29 is 13.7 Å². The Kier molecular flexibility index (Phi) is 4.24. The van der Waals surface area contributed by atoms with Crippen LogP contribution in [0.2, 0.25) is 0 Å². The van der Waals surface area contributed by atoms with Crippen LogP contribution in [0.5, 0.6) is 0 Å². The average molecular weight is 252 g/mol. The van der Waals surface area contributed by atoms with E-state index in [4.69, 9.17) is 9.31 Å². The van der Waals surface area contributed by atoms with Crippen LogP contribution in [0.25, 0.3) is 0 Å². The van der Waals surface area contributed by atoms with Gasteiger partial charge < -0.3 is 9.31 Å². The molecule has 0 aliphatic carbocycles. The van der Waals surface area contributed by atoms with E-state index in [1.165, 1.54) is 12.2 Å². The van der Waals surface area contributed by atoms with Crippen molar-refractivity contribution in [1.82, 2.24) is 0 Å². The number of allylic oxidation sites excluding steroid dienone is 5. The van der Waals surface area contributed by atoms with Gasteiger partial charge in [0.25, 0.3) is 0 Å². The Labute approximate surface area is 110 Å². The third-order valence-corrected chi connectivity index (χ3v) is 3.57. The van der Waals surface area contributed by atoms with E-state index in [1.54, 1.807) is 0 Å². The smallest absolute Gasteiger partial charge is 0.399 e. The topological polar surface area (TPSA) is 18.5 Å². The van der Waals surface area contributed by atoms with Crippen LogP contribution in [0, 0.1) is 0 Å². The second-order valence-electron chi connectivity index (χ2n) is 5.78. The predicted octanol–water partition coefficient (Wildman–Crippen LogP) is 3.99. The van der Waals surface area contributed by atoms with Gasteiger partial charge in [-0.25, -0.2) is 4.39 Å². The molecule has 1 saturated heterocycles. The van der Waals surface area contributed by atoms with E-state index in [-0.39, 0.29) is 5.83 Å². The fourth-order valence-electron chi connectivity index (χ4n) is 1.63. The molecule has 0 aromatic heterocycles. The Hall–Kier alpha value is -0.865. The lowest BCUT2D eigenvalue weighted by Crippen LogP contribution is -2.41. The van der Waals surface area contributed by atoms with Crippen LogP contribution in [0.4, 0.5) is 4.39 Å². The van der Waals surface area contributed by atoms with E-state index in [1.807, 2.05) is 41.5 Å². The SMILES string of the molecule is C=C/C(F)=C\C(B1OC(C)(C)C(C)(C)O1)=C(C)C. The maximum atomic E-state index is 13.4. The summed E-state index contributed by atoms with van der Waals surface area (Å²) in [5.74, 6) is -0.388. The summed E-state index contributed by atoms with van der Waals surface area (Å²) in [5.41, 5.74) is 0.838. The summed E-state index contributed by atoms with van der Waals surface area (Å²) in [6.07, 6.45) is 2.60. The molecule has 4 heteroatoms. The standard InChI is InChI=1S/C14H22BFO2/c1-8-11(16)9-12(10(2)3)15-17-13(4,5)14(6,7)18-15/h8-9H,1H2,2-7H3/b11-9+. The van der Waals surface area contributed by atoms with Crippen molar-refractivity contribution in [2.75, 3.05) is 0 Å². The summed E-state index contributed by atoms with van der Waals surface area (Å²) in [6.45, 7) is 15.1. The van der Waals surface area contributed by atoms with E-state index in [0.29, 0.717) is 5.47 Å². The third kappa shape index (κ3) is 2.93. The van der Waals surface area contributed by atoms with Crippen molar-refractivity contribution in [2.24, 2.45) is 0 Å². The molecule has 0 amide bonds. The maximum absolute atomic E-state index is 13.4. The van der Waals surface area contributed by atoms with Gasteiger partial charge in [0.05, 0.1) is 11.2 Å². The van der Waals surface area contributed by atoms with Gasteiger partial charge in [-0.05, 0) is 59.2 Å². The molecule has 1 aliphatic heterocycles. The van der Waals surface area contributed by atoms with Crippen molar-refractivity contribution in [3.63, 3.8) is 0 Å². The molecule has 1 aliphatic rings. The zero-order chi connectivity index (χ0) is 14.1. The molecule has 18 heavy (non-hydrogen) atoms. The molecule has 0 unspecified atom stereocenters. The lowest BCUT2D eigenvalue weighted by Gasteiger charge is -2.32. The molecule has 0 atom stereocenters. The van der Waals surface area contributed by atoms with Crippen LogP contribution in [-0.4, -0.2) is 18.3 Å². The molecule has 0 spiro atoms. The molecular weight excluding hydrogens is 230 g/mol. The number of rotatable bonds is 3. The first-order chi connectivity index (χ1) is 8.10. The Morgan fingerprint density at radius 2 is 1.56 bits per heavy atom. The summed E-state index contributed by atoms with van der Waals surface area (Å²) in [7, 11) is -0.536. The summed E-state index contributed by atoms with van der Waals surface area (Å²) >= 11 is 0. The normalized spacial score (nSPS) is 21.9. The second-order valence-corrected chi connectivity index (χ2v) is 5.78. The number of halogens is 1. The summed E-state index contributed by atoms with van der Waals surface area (Å²) in [6, 6.07) is 0. The van der Waals surface area contributed by atoms with Crippen LogP contribution in [0.1, 0.15) is 41.5 Å². The quantitative estimate of drug-likeness (QED) is 0.558. The summed E-state index contributed by atoms with van der Waals surface area (Å²) in [5, 5.41) is 0. The lowest BCUT2D eigenvalue weighted by atomic mass is 9.75. The molecule has 0 aromatic carbocycles. The van der Waals surface area contributed by atoms with Crippen LogP contribution >= 0.6 is 0 Å². The Morgan fingerprint density at radius 3 is 1.89 bits per heavy atom. The first kappa shape index (κ1) is 15.2. The average Bonchev–Trinajstić information content (AvgIpc) is 2.43. The van der Waals surface area contributed by atoms with Crippen molar-refractivity contribution in [2.45, 2.75) is 52.7 Å². The van der Waals surface area contributed by atoms with E-state index >= 15 is 0 Å². The zero-order valence-electron chi connectivity index (χ0n) is 12.1. The van der Waals surface area contributed by atoms with Crippen molar-refractivity contribution in [3.8, 4) is 0 Å². The minimum atomic E-state index is -0.536. The van der Waals surface area contributed by atoms with Crippen LogP contribution in [0.3, 0.4) is 0 Å². The Balaban J connectivity index is 3.08. The molecular formula is C14H22BFO2. The molecule has 0 aromatic rings. The third-order valence-electron chi connectivity index (χ3n) is 3.57. The molecule has 1 rings (SSSR count). The van der Waals surface area contributed by atoms with Gasteiger partial charge in [0.15, 0.2) is 0 Å². The minimum Gasteiger partial charge on any atom is -0.399 e. The van der Waals surface area contributed by atoms with Crippen LogP contribution in [0.15, 0.2) is 35.6 Å². The van der Waals surface area contributed by atoms with E-state index in [9.17, 15) is 4.39 Å². The molecule has 1 fully saturated rings. The van der Waals surface area contributed by atoms with Gasteiger partial charge in [-0.2, -0.15) is 0 Å². The first-order valence-corrected chi connectivity index (χ1v) is 6.13. The summed E-state index contributed by atoms with van der Waals surface area (Å²) in [4.78, 5) is 0. The minimum absolute atomic E-state index is 0.388. The lowest BCUT2D eigenvalue weighted by molar-refractivity contribution is 0.00578. The molecule has 0 N–H and O–H groups in total. The van der Waals surface area contributed by atoms with Crippen molar-refractivity contribution >= 4 is 7.12 Å². The van der Waals surface area contributed by atoms with Gasteiger partial charge in [-0.1, -0.05) is 12.2 Å². The van der Waals surface area contributed by atoms with Gasteiger partial charge >= 0.3 is 7.12 Å². The van der Waals surface area contributed by atoms with Gasteiger partial charge in [0.2, 0.25) is 0 Å². The highest BCUT2D eigenvalue weighted by atomic mass is 19.1. The van der Waals surface area contributed by atoms with Crippen LogP contribution in [-0.2, 0) is 9.31 Å². The second kappa shape index (κ2) is 5.02. The fourth-order valence-corrected chi connectivity index (χ4v) is 1.63. The van der Waals surface area contributed by atoms with Gasteiger partial charge in [0.1, 0.15) is 5.83 Å². The Bertz CT molecular complexity index is 388. The first-order valence-electron chi connectivity index (χ1n) is 6.13. The van der Waals surface area contributed by atoms with Crippen molar-refractivity contribution in [3.05, 3.63) is 35.6 Å². The van der Waals surface area contributed by atoms with E-state index in [0.717, 1.165) is 5.57 Å². The summed E-state index contributed by atoms with van der Waals surface area (Å²) < 4.78 is 25.2. The largest absolute Gasteiger partial charge is 0.494 e. The number of hydrogen-bond acceptors (Lipinski definition) is 2. The molecule has 100 valence electrons. The van der Waals surface area contributed by atoms with Gasteiger partial charge in [-0.15, -0.1) is 0 Å². The Morgan fingerprint density at radius 1 is 1.11 bits per heavy atom. The molecule has 2 nitrogen and oxygen atoms in total. The molecule has 0 bridgehead atoms. The highest BCUT2D eigenvalue weighted by Crippen LogP contribution is 2.39. The highest BCUT2D eigenvalue weighted by molar-refractivity contribution is 6.55.